The Bertz CT molecular complexity index is 876. The quantitative estimate of drug-likeness (QED) is 0.764. The molecule has 1 amide bonds. The fraction of sp³-hybridized carbons (Fsp3) is 0.0588. The van der Waals surface area contributed by atoms with E-state index in [1.54, 1.807) is 24.6 Å². The van der Waals surface area contributed by atoms with E-state index in [1.807, 2.05) is 12.1 Å². The summed E-state index contributed by atoms with van der Waals surface area (Å²) in [6.45, 7) is 0. The van der Waals surface area contributed by atoms with Crippen molar-refractivity contribution in [3.63, 3.8) is 0 Å². The molecule has 2 aromatic carbocycles. The van der Waals surface area contributed by atoms with Crippen molar-refractivity contribution in [1.82, 2.24) is 4.98 Å². The Hall–Kier alpha value is -2.80. The zero-order chi connectivity index (χ0) is 17.1. The highest BCUT2D eigenvalue weighted by molar-refractivity contribution is 7.14. The number of halogens is 2. The van der Waals surface area contributed by atoms with Crippen molar-refractivity contribution in [3.05, 3.63) is 65.0 Å². The highest BCUT2D eigenvalue weighted by Gasteiger charge is 2.18. The van der Waals surface area contributed by atoms with E-state index >= 15 is 0 Å². The zero-order valence-electron chi connectivity index (χ0n) is 12.5. The van der Waals surface area contributed by atoms with Gasteiger partial charge in [0.2, 0.25) is 0 Å². The second-order valence-corrected chi connectivity index (χ2v) is 5.68. The van der Waals surface area contributed by atoms with Gasteiger partial charge in [0.05, 0.1) is 12.8 Å². The van der Waals surface area contributed by atoms with E-state index in [0.717, 1.165) is 29.0 Å². The minimum absolute atomic E-state index is 0.250. The lowest BCUT2D eigenvalue weighted by molar-refractivity contribution is 0.101. The number of ether oxygens (including phenoxy) is 1. The molecule has 7 heteroatoms. The second kappa shape index (κ2) is 6.76. The lowest BCUT2D eigenvalue weighted by Crippen LogP contribution is -2.15. The number of nitrogens with zero attached hydrogens (tertiary/aromatic N) is 1. The second-order valence-electron chi connectivity index (χ2n) is 4.82. The number of rotatable bonds is 4. The van der Waals surface area contributed by atoms with Gasteiger partial charge in [0, 0.05) is 10.9 Å². The fourth-order valence-electron chi connectivity index (χ4n) is 2.12. The predicted octanol–water partition coefficient (Wildman–Crippen LogP) is 4.35. The summed E-state index contributed by atoms with van der Waals surface area (Å²) < 4.78 is 32.4. The van der Waals surface area contributed by atoms with Crippen LogP contribution >= 0.6 is 11.3 Å². The number of hydrogen-bond acceptors (Lipinski definition) is 4. The summed E-state index contributed by atoms with van der Waals surface area (Å²) in [5, 5.41) is 4.40. The molecule has 1 N–H and O–H groups in total. The van der Waals surface area contributed by atoms with Crippen molar-refractivity contribution >= 4 is 22.4 Å². The van der Waals surface area contributed by atoms with Gasteiger partial charge in [0.25, 0.3) is 5.91 Å². The summed E-state index contributed by atoms with van der Waals surface area (Å²) in [6, 6.07) is 10.5. The van der Waals surface area contributed by atoms with Gasteiger partial charge in [-0.3, -0.25) is 10.1 Å². The largest absolute Gasteiger partial charge is 0.497 e. The maximum absolute atomic E-state index is 13.6. The standard InChI is InChI=1S/C17H12F2N2O2S/c1-23-11-5-2-4-10(8-11)14-9-24-17(20-14)21-16(22)15-12(18)6-3-7-13(15)19/h2-9H,1H3,(H,20,21,22). The third kappa shape index (κ3) is 3.26. The summed E-state index contributed by atoms with van der Waals surface area (Å²) in [6.07, 6.45) is 0. The van der Waals surface area contributed by atoms with Crippen LogP contribution in [0.2, 0.25) is 0 Å². The predicted molar refractivity (Wildman–Crippen MR) is 88.4 cm³/mol. The topological polar surface area (TPSA) is 51.2 Å². The Morgan fingerprint density at radius 3 is 2.58 bits per heavy atom. The van der Waals surface area contributed by atoms with Crippen LogP contribution in [-0.4, -0.2) is 18.0 Å². The molecule has 0 aliphatic carbocycles. The van der Waals surface area contributed by atoms with Gasteiger partial charge < -0.3 is 4.74 Å². The van der Waals surface area contributed by atoms with Crippen molar-refractivity contribution in [2.75, 3.05) is 12.4 Å². The maximum Gasteiger partial charge on any atom is 0.263 e. The molecule has 122 valence electrons. The van der Waals surface area contributed by atoms with E-state index in [2.05, 4.69) is 10.3 Å². The number of carbonyl (C=O) groups excluding carboxylic acids is 1. The molecule has 0 unspecified atom stereocenters. The van der Waals surface area contributed by atoms with Crippen LogP contribution in [0, 0.1) is 11.6 Å². The molecule has 4 nitrogen and oxygen atoms in total. The first kappa shape index (κ1) is 16.1. The first-order chi connectivity index (χ1) is 11.6. The van der Waals surface area contributed by atoms with Crippen molar-refractivity contribution in [2.45, 2.75) is 0 Å². The molecule has 0 radical (unpaired) electrons. The first-order valence-corrected chi connectivity index (χ1v) is 7.82. The summed E-state index contributed by atoms with van der Waals surface area (Å²) in [7, 11) is 1.56. The van der Waals surface area contributed by atoms with Crippen molar-refractivity contribution in [1.29, 1.82) is 0 Å². The minimum Gasteiger partial charge on any atom is -0.497 e. The fourth-order valence-corrected chi connectivity index (χ4v) is 2.84. The van der Waals surface area contributed by atoms with Crippen LogP contribution in [-0.2, 0) is 0 Å². The smallest absolute Gasteiger partial charge is 0.263 e. The molecule has 0 saturated heterocycles. The number of benzene rings is 2. The van der Waals surface area contributed by atoms with Crippen LogP contribution in [0.5, 0.6) is 5.75 Å². The zero-order valence-corrected chi connectivity index (χ0v) is 13.4. The van der Waals surface area contributed by atoms with Gasteiger partial charge in [0.15, 0.2) is 5.13 Å². The Kier molecular flexibility index (Phi) is 4.52. The molecule has 0 spiro atoms. The molecule has 1 aromatic heterocycles. The monoisotopic (exact) mass is 346 g/mol. The van der Waals surface area contributed by atoms with Crippen LogP contribution < -0.4 is 10.1 Å². The van der Waals surface area contributed by atoms with Crippen LogP contribution in [0.3, 0.4) is 0 Å². The molecule has 0 aliphatic heterocycles. The third-order valence-electron chi connectivity index (χ3n) is 3.28. The van der Waals surface area contributed by atoms with Crippen molar-refractivity contribution < 1.29 is 18.3 Å². The molecular weight excluding hydrogens is 334 g/mol. The van der Waals surface area contributed by atoms with Gasteiger partial charge in [0.1, 0.15) is 22.9 Å². The Morgan fingerprint density at radius 1 is 1.17 bits per heavy atom. The molecule has 0 bridgehead atoms. The van der Waals surface area contributed by atoms with E-state index in [4.69, 9.17) is 4.74 Å². The molecule has 1 heterocycles. The average Bonchev–Trinajstić information content (AvgIpc) is 3.03. The number of nitrogens with one attached hydrogen (secondary N) is 1. The normalized spacial score (nSPS) is 10.5. The van der Waals surface area contributed by atoms with Crippen LogP contribution in [0.1, 0.15) is 10.4 Å². The van der Waals surface area contributed by atoms with Gasteiger partial charge in [-0.15, -0.1) is 11.3 Å². The van der Waals surface area contributed by atoms with Crippen LogP contribution in [0.4, 0.5) is 13.9 Å². The average molecular weight is 346 g/mol. The van der Waals surface area contributed by atoms with E-state index in [0.29, 0.717) is 11.4 Å². The number of thiazole rings is 1. The van der Waals surface area contributed by atoms with Gasteiger partial charge >= 0.3 is 0 Å². The molecule has 3 rings (SSSR count). The Morgan fingerprint density at radius 2 is 1.88 bits per heavy atom. The molecular formula is C17H12F2N2O2S. The number of carbonyl (C=O) groups is 1. The first-order valence-electron chi connectivity index (χ1n) is 6.94. The highest BCUT2D eigenvalue weighted by atomic mass is 32.1. The lowest BCUT2D eigenvalue weighted by Gasteiger charge is -2.04. The summed E-state index contributed by atoms with van der Waals surface area (Å²) in [5.41, 5.74) is 0.807. The van der Waals surface area contributed by atoms with Gasteiger partial charge in [-0.05, 0) is 24.3 Å². The lowest BCUT2D eigenvalue weighted by atomic mass is 10.2. The van der Waals surface area contributed by atoms with E-state index in [1.165, 1.54) is 6.07 Å². The van der Waals surface area contributed by atoms with Crippen molar-refractivity contribution in [3.8, 4) is 17.0 Å². The maximum atomic E-state index is 13.6. The van der Waals surface area contributed by atoms with Gasteiger partial charge in [-0.1, -0.05) is 18.2 Å². The molecule has 24 heavy (non-hydrogen) atoms. The number of aromatic nitrogens is 1. The molecule has 0 fully saturated rings. The van der Waals surface area contributed by atoms with Crippen LogP contribution in [0.15, 0.2) is 47.8 Å². The summed E-state index contributed by atoms with van der Waals surface area (Å²) in [4.78, 5) is 16.3. The third-order valence-corrected chi connectivity index (χ3v) is 4.04. The van der Waals surface area contributed by atoms with E-state index in [9.17, 15) is 13.6 Å². The Labute approximate surface area is 140 Å². The van der Waals surface area contributed by atoms with Crippen LogP contribution in [0.25, 0.3) is 11.3 Å². The minimum atomic E-state index is -0.919. The van der Waals surface area contributed by atoms with Gasteiger partial charge in [-0.2, -0.15) is 0 Å². The molecule has 0 saturated carbocycles. The SMILES string of the molecule is COc1cccc(-c2csc(NC(=O)c3c(F)cccc3F)n2)c1. The molecule has 0 aliphatic rings. The number of anilines is 1. The summed E-state index contributed by atoms with van der Waals surface area (Å²) >= 11 is 1.16. The molecule has 3 aromatic rings. The number of amides is 1. The molecule has 0 atom stereocenters. The summed E-state index contributed by atoms with van der Waals surface area (Å²) in [5.74, 6) is -2.04. The highest BCUT2D eigenvalue weighted by Crippen LogP contribution is 2.28. The van der Waals surface area contributed by atoms with Gasteiger partial charge in [-0.25, -0.2) is 13.8 Å². The number of hydrogen-bond donors (Lipinski definition) is 1. The number of methoxy groups -OCH3 is 1. The van der Waals surface area contributed by atoms with Crippen molar-refractivity contribution in [2.24, 2.45) is 0 Å². The van der Waals surface area contributed by atoms with E-state index < -0.39 is 23.1 Å². The Balaban J connectivity index is 1.82. The van der Waals surface area contributed by atoms with E-state index in [-0.39, 0.29) is 5.13 Å².